The van der Waals surface area contributed by atoms with E-state index in [9.17, 15) is 5.11 Å². The summed E-state index contributed by atoms with van der Waals surface area (Å²) in [5.74, 6) is 2.05. The second-order valence-electron chi connectivity index (χ2n) is 5.30. The van der Waals surface area contributed by atoms with Crippen LogP contribution in [0.5, 0.6) is 11.5 Å². The summed E-state index contributed by atoms with van der Waals surface area (Å²) >= 11 is 3.61. The van der Waals surface area contributed by atoms with Crippen LogP contribution in [-0.2, 0) is 0 Å². The van der Waals surface area contributed by atoms with Gasteiger partial charge in [0.15, 0.2) is 11.5 Å². The third-order valence-corrected chi connectivity index (χ3v) is 4.07. The maximum atomic E-state index is 9.49. The zero-order chi connectivity index (χ0) is 14.0. The number of aliphatic hydroxyl groups excluding tert-OH is 1. The van der Waals surface area contributed by atoms with E-state index in [-0.39, 0.29) is 12.5 Å². The van der Waals surface area contributed by atoms with Gasteiger partial charge in [0.1, 0.15) is 0 Å². The summed E-state index contributed by atoms with van der Waals surface area (Å²) in [4.78, 5) is 0. The lowest BCUT2D eigenvalue weighted by Crippen LogP contribution is -2.09. The Labute approximate surface area is 123 Å². The van der Waals surface area contributed by atoms with E-state index in [2.05, 4.69) is 29.8 Å². The number of halogens is 1. The fourth-order valence-corrected chi connectivity index (χ4v) is 3.29. The van der Waals surface area contributed by atoms with Gasteiger partial charge in [0, 0.05) is 29.0 Å². The average Bonchev–Trinajstić information content (AvgIpc) is 2.60. The number of fused-ring (bicyclic) bond motifs is 1. The zero-order valence-corrected chi connectivity index (χ0v) is 13.3. The van der Waals surface area contributed by atoms with Gasteiger partial charge in [-0.05, 0) is 17.5 Å². The molecule has 0 aromatic heterocycles. The molecule has 2 rings (SSSR count). The van der Waals surface area contributed by atoms with Crippen LogP contribution >= 0.6 is 15.9 Å². The smallest absolute Gasteiger partial charge is 0.164 e. The molecule has 1 N–H and O–H groups in total. The molecular formula is C15H21BrO3. The average molecular weight is 329 g/mol. The van der Waals surface area contributed by atoms with Crippen LogP contribution in [0.4, 0.5) is 0 Å². The fourth-order valence-electron chi connectivity index (χ4n) is 2.48. The van der Waals surface area contributed by atoms with Crippen molar-refractivity contribution >= 4 is 15.9 Å². The summed E-state index contributed by atoms with van der Waals surface area (Å²) in [5.41, 5.74) is 2.27. The molecular weight excluding hydrogens is 308 g/mol. The summed E-state index contributed by atoms with van der Waals surface area (Å²) in [6.45, 7) is 7.80. The Morgan fingerprint density at radius 1 is 1.21 bits per heavy atom. The predicted octanol–water partition coefficient (Wildman–Crippen LogP) is 3.83. The molecule has 0 saturated heterocycles. The molecule has 3 nitrogen and oxygen atoms in total. The minimum atomic E-state index is 0.0731. The highest BCUT2D eigenvalue weighted by Gasteiger charge is 2.25. The summed E-state index contributed by atoms with van der Waals surface area (Å²) in [6, 6.07) is 1.97. The first-order chi connectivity index (χ1) is 9.06. The number of benzene rings is 1. The number of hydrogen-bond acceptors (Lipinski definition) is 3. The molecule has 106 valence electrons. The number of aliphatic hydroxyl groups is 1. The van der Waals surface area contributed by atoms with E-state index >= 15 is 0 Å². The topological polar surface area (TPSA) is 38.7 Å². The number of rotatable bonds is 3. The predicted molar refractivity (Wildman–Crippen MR) is 79.3 cm³/mol. The Kier molecular flexibility index (Phi) is 4.74. The molecule has 0 aliphatic carbocycles. The Morgan fingerprint density at radius 2 is 1.89 bits per heavy atom. The zero-order valence-electron chi connectivity index (χ0n) is 11.7. The molecule has 1 aliphatic heterocycles. The van der Waals surface area contributed by atoms with E-state index in [1.165, 1.54) is 0 Å². The minimum absolute atomic E-state index is 0.0731. The number of ether oxygens (including phenoxy) is 2. The molecule has 1 aromatic rings. The molecule has 0 fully saturated rings. The highest BCUT2D eigenvalue weighted by molar-refractivity contribution is 9.10. The largest absolute Gasteiger partial charge is 0.490 e. The fraction of sp³-hybridized carbons (Fsp3) is 0.600. The van der Waals surface area contributed by atoms with Gasteiger partial charge >= 0.3 is 0 Å². The summed E-state index contributed by atoms with van der Waals surface area (Å²) in [7, 11) is 0. The van der Waals surface area contributed by atoms with Crippen molar-refractivity contribution < 1.29 is 14.6 Å². The van der Waals surface area contributed by atoms with Crippen molar-refractivity contribution in [3.05, 3.63) is 21.7 Å². The van der Waals surface area contributed by atoms with Gasteiger partial charge in [0.25, 0.3) is 0 Å². The van der Waals surface area contributed by atoms with Gasteiger partial charge in [0.05, 0.1) is 13.2 Å². The molecule has 1 unspecified atom stereocenters. The van der Waals surface area contributed by atoms with Crippen LogP contribution in [0.25, 0.3) is 0 Å². The van der Waals surface area contributed by atoms with Gasteiger partial charge in [-0.3, -0.25) is 0 Å². The first-order valence-corrected chi connectivity index (χ1v) is 7.58. The first-order valence-electron chi connectivity index (χ1n) is 6.79. The first kappa shape index (κ1) is 14.7. The quantitative estimate of drug-likeness (QED) is 0.916. The molecule has 1 aromatic carbocycles. The van der Waals surface area contributed by atoms with E-state index in [0.29, 0.717) is 19.1 Å². The van der Waals surface area contributed by atoms with Crippen molar-refractivity contribution in [1.29, 1.82) is 0 Å². The number of hydrogen-bond donors (Lipinski definition) is 1. The van der Waals surface area contributed by atoms with E-state index in [4.69, 9.17) is 9.47 Å². The van der Waals surface area contributed by atoms with Crippen LogP contribution in [0.3, 0.4) is 0 Å². The Balaban J connectivity index is 2.64. The van der Waals surface area contributed by atoms with Crippen molar-refractivity contribution in [2.24, 2.45) is 0 Å². The molecule has 0 saturated carbocycles. The van der Waals surface area contributed by atoms with Gasteiger partial charge in [-0.15, -0.1) is 0 Å². The van der Waals surface area contributed by atoms with Gasteiger partial charge in [0.2, 0.25) is 0 Å². The molecule has 0 amide bonds. The summed E-state index contributed by atoms with van der Waals surface area (Å²) < 4.78 is 12.7. The van der Waals surface area contributed by atoms with Gasteiger partial charge in [-0.25, -0.2) is 0 Å². The lowest BCUT2D eigenvalue weighted by molar-refractivity contribution is 0.271. The van der Waals surface area contributed by atoms with Gasteiger partial charge < -0.3 is 14.6 Å². The lowest BCUT2D eigenvalue weighted by atomic mass is 9.89. The molecule has 0 radical (unpaired) electrons. The lowest BCUT2D eigenvalue weighted by Gasteiger charge is -2.23. The Bertz CT molecular complexity index is 457. The van der Waals surface area contributed by atoms with Crippen molar-refractivity contribution in [2.75, 3.05) is 19.8 Å². The van der Waals surface area contributed by atoms with Gasteiger partial charge in [-0.2, -0.15) is 0 Å². The van der Waals surface area contributed by atoms with Crippen LogP contribution in [0, 0.1) is 0 Å². The van der Waals surface area contributed by atoms with Crippen molar-refractivity contribution in [3.8, 4) is 11.5 Å². The summed E-state index contributed by atoms with van der Waals surface area (Å²) in [5, 5.41) is 9.49. The molecule has 0 spiro atoms. The third kappa shape index (κ3) is 2.90. The highest BCUT2D eigenvalue weighted by atomic mass is 79.9. The van der Waals surface area contributed by atoms with Crippen molar-refractivity contribution in [1.82, 2.24) is 0 Å². The molecule has 1 heterocycles. The Morgan fingerprint density at radius 3 is 2.53 bits per heavy atom. The van der Waals surface area contributed by atoms with Crippen LogP contribution in [0.2, 0.25) is 0 Å². The van der Waals surface area contributed by atoms with Crippen molar-refractivity contribution in [3.63, 3.8) is 0 Å². The van der Waals surface area contributed by atoms with E-state index in [0.717, 1.165) is 33.5 Å². The molecule has 4 heteroatoms. The van der Waals surface area contributed by atoms with Crippen LogP contribution in [0.1, 0.15) is 50.2 Å². The second kappa shape index (κ2) is 6.14. The standard InChI is InChI=1S/C15H21BrO3/c1-9(2)13-14(10(3)8-17)11(16)7-12-15(13)19-6-4-5-18-12/h7,9-10,17H,4-6,8H2,1-3H3. The van der Waals surface area contributed by atoms with Crippen LogP contribution in [-0.4, -0.2) is 24.9 Å². The van der Waals surface area contributed by atoms with Crippen LogP contribution in [0.15, 0.2) is 10.5 Å². The molecule has 1 aliphatic rings. The summed E-state index contributed by atoms with van der Waals surface area (Å²) in [6.07, 6.45) is 0.898. The minimum Gasteiger partial charge on any atom is -0.490 e. The van der Waals surface area contributed by atoms with Crippen LogP contribution < -0.4 is 9.47 Å². The SMILES string of the molecule is CC(C)c1c2c(cc(Br)c1C(C)CO)OCCCO2. The molecule has 19 heavy (non-hydrogen) atoms. The van der Waals surface area contributed by atoms with E-state index in [1.807, 2.05) is 13.0 Å². The van der Waals surface area contributed by atoms with E-state index < -0.39 is 0 Å². The van der Waals surface area contributed by atoms with Gasteiger partial charge in [-0.1, -0.05) is 36.7 Å². The highest BCUT2D eigenvalue weighted by Crippen LogP contribution is 2.45. The second-order valence-corrected chi connectivity index (χ2v) is 6.16. The normalized spacial score (nSPS) is 16.3. The molecule has 1 atom stereocenters. The third-order valence-electron chi connectivity index (χ3n) is 3.41. The van der Waals surface area contributed by atoms with E-state index in [1.54, 1.807) is 0 Å². The Hall–Kier alpha value is -0.740. The maximum absolute atomic E-state index is 9.49. The monoisotopic (exact) mass is 328 g/mol. The maximum Gasteiger partial charge on any atom is 0.164 e. The van der Waals surface area contributed by atoms with Crippen molar-refractivity contribution in [2.45, 2.75) is 39.0 Å². The molecule has 0 bridgehead atoms.